The zero-order valence-corrected chi connectivity index (χ0v) is 28.6. The first-order chi connectivity index (χ1) is 25.0. The van der Waals surface area contributed by atoms with Gasteiger partial charge in [-0.15, -0.1) is 0 Å². The van der Waals surface area contributed by atoms with Gasteiger partial charge in [-0.2, -0.15) is 0 Å². The highest BCUT2D eigenvalue weighted by atomic mass is 16.3. The van der Waals surface area contributed by atoms with Crippen molar-refractivity contribution in [2.24, 2.45) is 0 Å². The Bertz CT molecular complexity index is 2770. The maximum absolute atomic E-state index is 6.50. The van der Waals surface area contributed by atoms with Crippen molar-refractivity contribution in [1.29, 1.82) is 0 Å². The summed E-state index contributed by atoms with van der Waals surface area (Å²) in [4.78, 5) is 2.43. The molecule has 1 aliphatic carbocycles. The molecular weight excluding hydrogens is 619 g/mol. The lowest BCUT2D eigenvalue weighted by molar-refractivity contribution is 0.660. The second kappa shape index (κ2) is 11.3. The average molecular weight is 654 g/mol. The zero-order valence-electron chi connectivity index (χ0n) is 28.6. The summed E-state index contributed by atoms with van der Waals surface area (Å²) < 4.78 is 6.50. The minimum Gasteiger partial charge on any atom is -0.455 e. The van der Waals surface area contributed by atoms with Crippen molar-refractivity contribution in [3.8, 4) is 33.4 Å². The second-order valence-corrected chi connectivity index (χ2v) is 14.1. The van der Waals surface area contributed by atoms with E-state index in [1.54, 1.807) is 0 Å². The SMILES string of the molecule is CC1(C)c2ccccc2-c2ccc(N(c3ccc(-c4ccccc4)cc3)c3ccccc3-c3ccc4oc5c6ccccc6ccc5c4c3)cc21. The number of fused-ring (bicyclic) bond motifs is 8. The Labute approximate surface area is 297 Å². The fourth-order valence-corrected chi connectivity index (χ4v) is 8.28. The summed E-state index contributed by atoms with van der Waals surface area (Å²) in [6.07, 6.45) is 0. The van der Waals surface area contributed by atoms with Crippen LogP contribution in [0.4, 0.5) is 17.1 Å². The number of furan rings is 1. The van der Waals surface area contributed by atoms with Crippen LogP contribution in [0.3, 0.4) is 0 Å². The fourth-order valence-electron chi connectivity index (χ4n) is 8.28. The molecule has 2 heteroatoms. The summed E-state index contributed by atoms with van der Waals surface area (Å²) in [5.74, 6) is 0. The van der Waals surface area contributed by atoms with E-state index < -0.39 is 0 Å². The van der Waals surface area contributed by atoms with Gasteiger partial charge in [0, 0.05) is 38.5 Å². The van der Waals surface area contributed by atoms with Gasteiger partial charge in [0.15, 0.2) is 0 Å². The first-order valence-corrected chi connectivity index (χ1v) is 17.7. The molecule has 8 aromatic carbocycles. The van der Waals surface area contributed by atoms with Gasteiger partial charge in [-0.1, -0.05) is 141 Å². The van der Waals surface area contributed by atoms with Crippen molar-refractivity contribution in [2.45, 2.75) is 19.3 Å². The lowest BCUT2D eigenvalue weighted by atomic mass is 9.82. The Balaban J connectivity index is 1.16. The molecule has 0 amide bonds. The molecule has 242 valence electrons. The summed E-state index contributed by atoms with van der Waals surface area (Å²) in [5.41, 5.74) is 15.2. The summed E-state index contributed by atoms with van der Waals surface area (Å²) >= 11 is 0. The highest BCUT2D eigenvalue weighted by Gasteiger charge is 2.35. The minimum absolute atomic E-state index is 0.109. The minimum atomic E-state index is -0.109. The van der Waals surface area contributed by atoms with Gasteiger partial charge in [-0.25, -0.2) is 0 Å². The predicted octanol–water partition coefficient (Wildman–Crippen LogP) is 13.8. The number of nitrogens with zero attached hydrogens (tertiary/aromatic N) is 1. The molecule has 1 aromatic heterocycles. The molecule has 0 radical (unpaired) electrons. The van der Waals surface area contributed by atoms with Crippen LogP contribution in [-0.4, -0.2) is 0 Å². The molecule has 0 unspecified atom stereocenters. The van der Waals surface area contributed by atoms with Crippen molar-refractivity contribution in [3.63, 3.8) is 0 Å². The standard InChI is InChI=1S/C49H35NO/c1-49(2)44-18-10-8-17-40(44)41-28-26-37(31-45(41)49)50(36-24-20-33(21-25-36)32-12-4-3-5-13-32)46-19-11-9-15-38(46)35-23-29-47-43(30-35)42-27-22-34-14-6-7-16-39(34)48(42)51-47/h3-31H,1-2H3. The quantitative estimate of drug-likeness (QED) is 0.184. The summed E-state index contributed by atoms with van der Waals surface area (Å²) in [6, 6.07) is 63.7. The number of para-hydroxylation sites is 1. The molecule has 0 bridgehead atoms. The van der Waals surface area contributed by atoms with Crippen LogP contribution in [-0.2, 0) is 5.41 Å². The third kappa shape index (κ3) is 4.64. The maximum atomic E-state index is 6.50. The summed E-state index contributed by atoms with van der Waals surface area (Å²) in [7, 11) is 0. The number of benzene rings is 8. The molecule has 0 spiro atoms. The van der Waals surface area contributed by atoms with Gasteiger partial charge in [0.1, 0.15) is 11.2 Å². The van der Waals surface area contributed by atoms with E-state index in [-0.39, 0.29) is 5.41 Å². The van der Waals surface area contributed by atoms with Gasteiger partial charge in [-0.3, -0.25) is 0 Å². The molecule has 1 aliphatic rings. The van der Waals surface area contributed by atoms with Crippen LogP contribution >= 0.6 is 0 Å². The number of hydrogen-bond donors (Lipinski definition) is 0. The Morgan fingerprint density at radius 1 is 0.431 bits per heavy atom. The van der Waals surface area contributed by atoms with Gasteiger partial charge in [-0.05, 0) is 92.9 Å². The van der Waals surface area contributed by atoms with E-state index in [9.17, 15) is 0 Å². The lowest BCUT2D eigenvalue weighted by Crippen LogP contribution is -2.16. The van der Waals surface area contributed by atoms with Crippen molar-refractivity contribution in [3.05, 3.63) is 187 Å². The van der Waals surface area contributed by atoms with E-state index in [2.05, 4.69) is 195 Å². The first kappa shape index (κ1) is 29.5. The Morgan fingerprint density at radius 3 is 1.96 bits per heavy atom. The fraction of sp³-hybridized carbons (Fsp3) is 0.0612. The van der Waals surface area contributed by atoms with Crippen LogP contribution in [0.1, 0.15) is 25.0 Å². The number of hydrogen-bond acceptors (Lipinski definition) is 2. The van der Waals surface area contributed by atoms with Crippen LogP contribution in [0.2, 0.25) is 0 Å². The summed E-state index contributed by atoms with van der Waals surface area (Å²) in [5, 5.41) is 4.58. The third-order valence-corrected chi connectivity index (χ3v) is 10.9. The van der Waals surface area contributed by atoms with E-state index in [1.165, 1.54) is 38.8 Å². The molecule has 9 aromatic rings. The third-order valence-electron chi connectivity index (χ3n) is 10.9. The van der Waals surface area contributed by atoms with Crippen molar-refractivity contribution < 1.29 is 4.42 Å². The van der Waals surface area contributed by atoms with E-state index in [0.29, 0.717) is 0 Å². The lowest BCUT2D eigenvalue weighted by Gasteiger charge is -2.30. The molecule has 1 heterocycles. The van der Waals surface area contributed by atoms with Gasteiger partial charge in [0.05, 0.1) is 5.69 Å². The molecule has 0 atom stereocenters. The van der Waals surface area contributed by atoms with Crippen molar-refractivity contribution in [2.75, 3.05) is 4.90 Å². The first-order valence-electron chi connectivity index (χ1n) is 17.7. The van der Waals surface area contributed by atoms with Gasteiger partial charge >= 0.3 is 0 Å². The van der Waals surface area contributed by atoms with Crippen LogP contribution in [0.15, 0.2) is 180 Å². The zero-order chi connectivity index (χ0) is 34.1. The van der Waals surface area contributed by atoms with Gasteiger partial charge < -0.3 is 9.32 Å². The van der Waals surface area contributed by atoms with E-state index in [1.807, 2.05) is 0 Å². The highest BCUT2D eigenvalue weighted by molar-refractivity contribution is 6.15. The van der Waals surface area contributed by atoms with Crippen LogP contribution < -0.4 is 4.90 Å². The Kier molecular flexibility index (Phi) is 6.56. The normalized spacial score (nSPS) is 13.1. The van der Waals surface area contributed by atoms with E-state index in [4.69, 9.17) is 4.42 Å². The molecule has 10 rings (SSSR count). The molecule has 0 saturated carbocycles. The molecule has 0 aliphatic heterocycles. The van der Waals surface area contributed by atoms with Crippen molar-refractivity contribution in [1.82, 2.24) is 0 Å². The topological polar surface area (TPSA) is 16.4 Å². The largest absolute Gasteiger partial charge is 0.455 e. The number of anilines is 3. The molecule has 0 N–H and O–H groups in total. The van der Waals surface area contributed by atoms with Crippen LogP contribution in [0.5, 0.6) is 0 Å². The van der Waals surface area contributed by atoms with E-state index >= 15 is 0 Å². The molecule has 0 saturated heterocycles. The molecule has 51 heavy (non-hydrogen) atoms. The van der Waals surface area contributed by atoms with Crippen LogP contribution in [0.25, 0.3) is 66.1 Å². The average Bonchev–Trinajstić information content (AvgIpc) is 3.67. The van der Waals surface area contributed by atoms with Gasteiger partial charge in [0.2, 0.25) is 0 Å². The van der Waals surface area contributed by atoms with Crippen molar-refractivity contribution >= 4 is 49.8 Å². The number of rotatable bonds is 5. The molecule has 2 nitrogen and oxygen atoms in total. The van der Waals surface area contributed by atoms with Gasteiger partial charge in [0.25, 0.3) is 0 Å². The second-order valence-electron chi connectivity index (χ2n) is 14.1. The van der Waals surface area contributed by atoms with Crippen LogP contribution in [0, 0.1) is 0 Å². The maximum Gasteiger partial charge on any atom is 0.143 e. The van der Waals surface area contributed by atoms with E-state index in [0.717, 1.165) is 55.5 Å². The summed E-state index contributed by atoms with van der Waals surface area (Å²) in [6.45, 7) is 4.70. The predicted molar refractivity (Wildman–Crippen MR) is 214 cm³/mol. The molecular formula is C49H35NO. The highest BCUT2D eigenvalue weighted by Crippen LogP contribution is 2.51. The monoisotopic (exact) mass is 653 g/mol. The molecule has 0 fully saturated rings. The Morgan fingerprint density at radius 2 is 1.10 bits per heavy atom. The Hall–Kier alpha value is -6.38. The smallest absolute Gasteiger partial charge is 0.143 e.